The van der Waals surface area contributed by atoms with Crippen molar-refractivity contribution < 1.29 is 4.79 Å². The van der Waals surface area contributed by atoms with Gasteiger partial charge >= 0.3 is 0 Å². The summed E-state index contributed by atoms with van der Waals surface area (Å²) in [7, 11) is 0. The summed E-state index contributed by atoms with van der Waals surface area (Å²) >= 11 is 0. The van der Waals surface area contributed by atoms with Crippen LogP contribution < -0.4 is 0 Å². The lowest BCUT2D eigenvalue weighted by molar-refractivity contribution is -0.119. The molecule has 0 aromatic heterocycles. The molecule has 0 N–H and O–H groups in total. The molecule has 1 aliphatic carbocycles. The number of benzene rings is 3. The smallest absolute Gasteiger partial charge is 0.138 e. The first-order valence-electron chi connectivity index (χ1n) is 7.40. The summed E-state index contributed by atoms with van der Waals surface area (Å²) in [5.74, 6) is 0.541. The normalized spacial score (nSPS) is 17.7. The van der Waals surface area contributed by atoms with Crippen LogP contribution in [0.2, 0.25) is 0 Å². The number of carbonyl (C=O) groups excluding carboxylic acids is 1. The first kappa shape index (κ1) is 12.3. The van der Waals surface area contributed by atoms with Gasteiger partial charge in [-0.15, -0.1) is 0 Å². The monoisotopic (exact) mass is 272 g/mol. The molecule has 21 heavy (non-hydrogen) atoms. The Balaban J connectivity index is 1.95. The average Bonchev–Trinajstić information content (AvgIpc) is 2.55. The molecule has 0 amide bonds. The molecular weight excluding hydrogens is 256 g/mol. The van der Waals surface area contributed by atoms with Gasteiger partial charge in [-0.25, -0.2) is 0 Å². The number of fused-ring (bicyclic) bond motifs is 3. The molecule has 102 valence electrons. The van der Waals surface area contributed by atoms with E-state index in [-0.39, 0.29) is 5.92 Å². The molecule has 0 saturated heterocycles. The van der Waals surface area contributed by atoms with Crippen LogP contribution in [0.4, 0.5) is 0 Å². The summed E-state index contributed by atoms with van der Waals surface area (Å²) in [4.78, 5) is 12.3. The van der Waals surface area contributed by atoms with Gasteiger partial charge in [-0.05, 0) is 27.5 Å². The van der Waals surface area contributed by atoms with Crippen molar-refractivity contribution in [3.8, 4) is 0 Å². The molecule has 0 radical (unpaired) electrons. The molecule has 0 fully saturated rings. The van der Waals surface area contributed by atoms with Crippen LogP contribution in [0.15, 0.2) is 66.7 Å². The van der Waals surface area contributed by atoms with Gasteiger partial charge < -0.3 is 0 Å². The van der Waals surface area contributed by atoms with E-state index < -0.39 is 0 Å². The summed E-state index contributed by atoms with van der Waals surface area (Å²) in [6, 6.07) is 23.1. The van der Waals surface area contributed by atoms with E-state index in [0.717, 1.165) is 0 Å². The Bertz CT molecular complexity index is 818. The summed E-state index contributed by atoms with van der Waals surface area (Å²) in [6.45, 7) is 0. The fourth-order valence-electron chi connectivity index (χ4n) is 3.47. The highest BCUT2D eigenvalue weighted by atomic mass is 16.1. The maximum atomic E-state index is 12.3. The van der Waals surface area contributed by atoms with E-state index in [1.807, 2.05) is 12.1 Å². The molecule has 0 saturated carbocycles. The Morgan fingerprint density at radius 2 is 1.57 bits per heavy atom. The van der Waals surface area contributed by atoms with Crippen LogP contribution in [0, 0.1) is 0 Å². The number of rotatable bonds is 1. The highest BCUT2D eigenvalue weighted by Gasteiger charge is 2.27. The summed E-state index contributed by atoms with van der Waals surface area (Å²) < 4.78 is 0. The maximum Gasteiger partial charge on any atom is 0.138 e. The third kappa shape index (κ3) is 2.06. The molecule has 3 aromatic carbocycles. The SMILES string of the molecule is O=C1Cc2c(ccc3ccccc23)C(c2ccccc2)C1. The molecule has 1 atom stereocenters. The van der Waals surface area contributed by atoms with E-state index in [0.29, 0.717) is 18.6 Å². The van der Waals surface area contributed by atoms with E-state index in [4.69, 9.17) is 0 Å². The van der Waals surface area contributed by atoms with Crippen molar-refractivity contribution >= 4 is 16.6 Å². The van der Waals surface area contributed by atoms with Gasteiger partial charge in [-0.1, -0.05) is 66.7 Å². The molecule has 1 heteroatoms. The Kier molecular flexibility index (Phi) is 2.85. The third-order valence-electron chi connectivity index (χ3n) is 4.46. The fraction of sp³-hybridized carbons (Fsp3) is 0.150. The van der Waals surface area contributed by atoms with Crippen molar-refractivity contribution in [2.24, 2.45) is 0 Å². The van der Waals surface area contributed by atoms with Gasteiger partial charge in [0.05, 0.1) is 0 Å². The van der Waals surface area contributed by atoms with Gasteiger partial charge in [0.2, 0.25) is 0 Å². The molecule has 3 aromatic rings. The van der Waals surface area contributed by atoms with Crippen LogP contribution in [-0.4, -0.2) is 5.78 Å². The molecule has 4 rings (SSSR count). The molecule has 0 spiro atoms. The van der Waals surface area contributed by atoms with Crippen LogP contribution in [0.25, 0.3) is 10.8 Å². The van der Waals surface area contributed by atoms with E-state index in [1.165, 1.54) is 27.5 Å². The Morgan fingerprint density at radius 1 is 0.810 bits per heavy atom. The predicted octanol–water partition coefficient (Wildman–Crippen LogP) is 4.49. The van der Waals surface area contributed by atoms with Crippen LogP contribution in [0.3, 0.4) is 0 Å². The number of ketones is 1. The van der Waals surface area contributed by atoms with E-state index in [2.05, 4.69) is 54.6 Å². The number of hydrogen-bond acceptors (Lipinski definition) is 1. The quantitative estimate of drug-likeness (QED) is 0.638. The highest BCUT2D eigenvalue weighted by Crippen LogP contribution is 2.38. The predicted molar refractivity (Wildman–Crippen MR) is 85.6 cm³/mol. The first-order chi connectivity index (χ1) is 10.3. The van der Waals surface area contributed by atoms with E-state index >= 15 is 0 Å². The van der Waals surface area contributed by atoms with Crippen LogP contribution in [0.1, 0.15) is 29.0 Å². The number of hydrogen-bond donors (Lipinski definition) is 0. The second-order valence-electron chi connectivity index (χ2n) is 5.74. The van der Waals surface area contributed by atoms with Gasteiger partial charge in [0.15, 0.2) is 0 Å². The van der Waals surface area contributed by atoms with Gasteiger partial charge in [-0.3, -0.25) is 4.79 Å². The van der Waals surface area contributed by atoms with Crippen molar-refractivity contribution in [1.29, 1.82) is 0 Å². The van der Waals surface area contributed by atoms with Gasteiger partial charge in [0, 0.05) is 18.8 Å². The fourth-order valence-corrected chi connectivity index (χ4v) is 3.47. The van der Waals surface area contributed by atoms with Crippen LogP contribution in [0.5, 0.6) is 0 Å². The van der Waals surface area contributed by atoms with Crippen molar-refractivity contribution in [2.75, 3.05) is 0 Å². The van der Waals surface area contributed by atoms with Crippen molar-refractivity contribution in [1.82, 2.24) is 0 Å². The molecule has 1 unspecified atom stereocenters. The van der Waals surface area contributed by atoms with Crippen molar-refractivity contribution in [3.05, 3.63) is 83.4 Å². The highest BCUT2D eigenvalue weighted by molar-refractivity contribution is 5.94. The Hall–Kier alpha value is -2.41. The van der Waals surface area contributed by atoms with Gasteiger partial charge in [-0.2, -0.15) is 0 Å². The molecule has 0 aliphatic heterocycles. The topological polar surface area (TPSA) is 17.1 Å². The lowest BCUT2D eigenvalue weighted by atomic mass is 9.77. The number of carbonyl (C=O) groups is 1. The average molecular weight is 272 g/mol. The molecule has 0 bridgehead atoms. The lowest BCUT2D eigenvalue weighted by Crippen LogP contribution is -2.19. The number of Topliss-reactive ketones (excluding diaryl/α,β-unsaturated/α-hetero) is 1. The van der Waals surface area contributed by atoms with Crippen molar-refractivity contribution in [2.45, 2.75) is 18.8 Å². The molecule has 1 nitrogen and oxygen atoms in total. The zero-order valence-electron chi connectivity index (χ0n) is 11.8. The van der Waals surface area contributed by atoms with Crippen LogP contribution >= 0.6 is 0 Å². The largest absolute Gasteiger partial charge is 0.299 e. The minimum atomic E-state index is 0.201. The standard InChI is InChI=1S/C20H16O/c21-16-12-19(14-6-2-1-3-7-14)18-11-10-15-8-4-5-9-17(15)20(18)13-16/h1-11,19H,12-13H2. The maximum absolute atomic E-state index is 12.3. The zero-order chi connectivity index (χ0) is 14.2. The Morgan fingerprint density at radius 3 is 2.43 bits per heavy atom. The second kappa shape index (κ2) is 4.85. The van der Waals surface area contributed by atoms with Gasteiger partial charge in [0.25, 0.3) is 0 Å². The summed E-state index contributed by atoms with van der Waals surface area (Å²) in [5, 5.41) is 2.45. The van der Waals surface area contributed by atoms with E-state index in [1.54, 1.807) is 0 Å². The second-order valence-corrected chi connectivity index (χ2v) is 5.74. The molecule has 1 aliphatic rings. The lowest BCUT2D eigenvalue weighted by Gasteiger charge is -2.26. The summed E-state index contributed by atoms with van der Waals surface area (Å²) in [6.07, 6.45) is 1.19. The summed E-state index contributed by atoms with van der Waals surface area (Å²) in [5.41, 5.74) is 3.78. The zero-order valence-corrected chi connectivity index (χ0v) is 11.8. The van der Waals surface area contributed by atoms with Gasteiger partial charge in [0.1, 0.15) is 5.78 Å². The molecular formula is C20H16O. The minimum Gasteiger partial charge on any atom is -0.299 e. The van der Waals surface area contributed by atoms with Crippen molar-refractivity contribution in [3.63, 3.8) is 0 Å². The van der Waals surface area contributed by atoms with Crippen LogP contribution in [-0.2, 0) is 11.2 Å². The molecule has 0 heterocycles. The third-order valence-corrected chi connectivity index (χ3v) is 4.46. The minimum absolute atomic E-state index is 0.201. The first-order valence-corrected chi connectivity index (χ1v) is 7.40. The Labute approximate surface area is 124 Å². The van der Waals surface area contributed by atoms with E-state index in [9.17, 15) is 4.79 Å².